The fourth-order valence-electron chi connectivity index (χ4n) is 3.16. The van der Waals surface area contributed by atoms with Crippen LogP contribution in [-0.2, 0) is 20.6 Å². The Morgan fingerprint density at radius 2 is 1.94 bits per heavy atom. The molecule has 0 saturated heterocycles. The lowest BCUT2D eigenvalue weighted by atomic mass is 10.2. The maximum Gasteiger partial charge on any atom is 0.269 e. The van der Waals surface area contributed by atoms with Crippen LogP contribution < -0.4 is 14.4 Å². The van der Waals surface area contributed by atoms with Crippen LogP contribution in [-0.4, -0.2) is 42.9 Å². The van der Waals surface area contributed by atoms with Crippen molar-refractivity contribution < 1.29 is 17.9 Å². The fraction of sp³-hybridized carbons (Fsp3) is 0.286. The molecule has 1 atom stereocenters. The van der Waals surface area contributed by atoms with Crippen LogP contribution in [0.2, 0.25) is 0 Å². The summed E-state index contributed by atoms with van der Waals surface area (Å²) in [5, 5.41) is 11.1. The topological polar surface area (TPSA) is 101 Å². The number of aromatic nitrogens is 2. The largest absolute Gasteiger partial charge is 0.476 e. The molecular weight excluding hydrogens is 468 g/mol. The predicted molar refractivity (Wildman–Crippen MR) is 127 cm³/mol. The highest BCUT2D eigenvalue weighted by molar-refractivity contribution is 8.01. The van der Waals surface area contributed by atoms with E-state index in [4.69, 9.17) is 4.74 Å². The summed E-state index contributed by atoms with van der Waals surface area (Å²) >= 11 is 2.85. The molecule has 0 spiro atoms. The zero-order valence-corrected chi connectivity index (χ0v) is 19.8. The van der Waals surface area contributed by atoms with Crippen LogP contribution in [0.5, 0.6) is 5.75 Å². The van der Waals surface area contributed by atoms with E-state index in [1.807, 2.05) is 6.07 Å². The minimum absolute atomic E-state index is 0.131. The third-order valence-electron chi connectivity index (χ3n) is 4.62. The molecule has 0 saturated carbocycles. The number of amides is 1. The average molecular weight is 491 g/mol. The minimum Gasteiger partial charge on any atom is -0.476 e. The first-order valence-corrected chi connectivity index (χ1v) is 13.4. The molecule has 2 heterocycles. The second-order valence-corrected chi connectivity index (χ2v) is 11.3. The molecule has 0 fully saturated rings. The quantitative estimate of drug-likeness (QED) is 0.379. The van der Waals surface area contributed by atoms with Crippen LogP contribution in [0.1, 0.15) is 18.9 Å². The molecule has 4 rings (SSSR count). The van der Waals surface area contributed by atoms with Gasteiger partial charge in [0, 0.05) is 5.75 Å². The highest BCUT2D eigenvalue weighted by atomic mass is 32.2. The number of ether oxygens (including phenoxy) is 1. The maximum absolute atomic E-state index is 13.3. The van der Waals surface area contributed by atoms with Gasteiger partial charge >= 0.3 is 0 Å². The standard InChI is InChI=1S/C21H22N4O4S3/c1-2-12-30-21-24-23-20(31-21)22-19(26)18-13-25(16-10-6-7-11-17(16)29-18)32(27,28)14-15-8-4-3-5-9-15/h3-11,18H,2,12-14H2,1H3,(H,22,23,26). The van der Waals surface area contributed by atoms with Crippen LogP contribution in [0.15, 0.2) is 58.9 Å². The van der Waals surface area contributed by atoms with Gasteiger partial charge in [-0.25, -0.2) is 8.42 Å². The molecule has 1 amide bonds. The number of thioether (sulfide) groups is 1. The first-order chi connectivity index (χ1) is 15.5. The number of sulfonamides is 1. The number of anilines is 2. The number of fused-ring (bicyclic) bond motifs is 1. The number of benzene rings is 2. The van der Waals surface area contributed by atoms with E-state index in [-0.39, 0.29) is 12.3 Å². The fourth-order valence-corrected chi connectivity index (χ4v) is 6.42. The van der Waals surface area contributed by atoms with Gasteiger partial charge in [-0.3, -0.25) is 14.4 Å². The first-order valence-electron chi connectivity index (χ1n) is 10.0. The number of rotatable bonds is 8. The van der Waals surface area contributed by atoms with Crippen molar-refractivity contribution in [2.24, 2.45) is 0 Å². The van der Waals surface area contributed by atoms with Gasteiger partial charge in [0.2, 0.25) is 15.2 Å². The Labute approximate surface area is 195 Å². The summed E-state index contributed by atoms with van der Waals surface area (Å²) in [5.74, 6) is 0.610. The van der Waals surface area contributed by atoms with E-state index < -0.39 is 22.0 Å². The molecule has 0 bridgehead atoms. The van der Waals surface area contributed by atoms with Crippen LogP contribution in [0.25, 0.3) is 0 Å². The molecule has 1 unspecified atom stereocenters. The highest BCUT2D eigenvalue weighted by Crippen LogP contribution is 2.36. The zero-order chi connectivity index (χ0) is 22.6. The molecule has 0 radical (unpaired) electrons. The van der Waals surface area contributed by atoms with Gasteiger partial charge in [0.1, 0.15) is 5.75 Å². The first kappa shape index (κ1) is 22.6. The average Bonchev–Trinajstić information content (AvgIpc) is 3.24. The van der Waals surface area contributed by atoms with E-state index in [2.05, 4.69) is 22.4 Å². The predicted octanol–water partition coefficient (Wildman–Crippen LogP) is 3.78. The summed E-state index contributed by atoms with van der Waals surface area (Å²) in [4.78, 5) is 12.9. The lowest BCUT2D eigenvalue weighted by Crippen LogP contribution is -2.49. The Bertz CT molecular complexity index is 1180. The zero-order valence-electron chi connectivity index (χ0n) is 17.3. The van der Waals surface area contributed by atoms with Crippen molar-refractivity contribution in [3.05, 3.63) is 60.2 Å². The molecule has 8 nitrogen and oxygen atoms in total. The summed E-state index contributed by atoms with van der Waals surface area (Å²) < 4.78 is 34.4. The second-order valence-electron chi connectivity index (χ2n) is 7.06. The normalized spacial score (nSPS) is 15.7. The van der Waals surface area contributed by atoms with Crippen molar-refractivity contribution in [3.63, 3.8) is 0 Å². The van der Waals surface area contributed by atoms with Crippen molar-refractivity contribution in [2.45, 2.75) is 29.5 Å². The Morgan fingerprint density at radius 3 is 2.72 bits per heavy atom. The molecule has 1 N–H and O–H groups in total. The van der Waals surface area contributed by atoms with E-state index in [0.717, 1.165) is 16.5 Å². The van der Waals surface area contributed by atoms with Gasteiger partial charge in [-0.1, -0.05) is 72.5 Å². The van der Waals surface area contributed by atoms with Gasteiger partial charge in [-0.15, -0.1) is 10.2 Å². The maximum atomic E-state index is 13.3. The van der Waals surface area contributed by atoms with Gasteiger partial charge < -0.3 is 4.74 Å². The van der Waals surface area contributed by atoms with Gasteiger partial charge in [0.25, 0.3) is 5.91 Å². The number of nitrogens with one attached hydrogen (secondary N) is 1. The summed E-state index contributed by atoms with van der Waals surface area (Å²) in [6, 6.07) is 15.8. The third-order valence-corrected chi connectivity index (χ3v) is 8.51. The van der Waals surface area contributed by atoms with Gasteiger partial charge in [0.05, 0.1) is 18.0 Å². The number of carbonyl (C=O) groups is 1. The molecule has 11 heteroatoms. The Morgan fingerprint density at radius 1 is 1.19 bits per heavy atom. The van der Waals surface area contributed by atoms with Crippen LogP contribution >= 0.6 is 23.1 Å². The highest BCUT2D eigenvalue weighted by Gasteiger charge is 2.37. The summed E-state index contributed by atoms with van der Waals surface area (Å²) in [7, 11) is -3.75. The molecule has 2 aromatic carbocycles. The van der Waals surface area contributed by atoms with Gasteiger partial charge in [-0.2, -0.15) is 0 Å². The van der Waals surface area contributed by atoms with Crippen molar-refractivity contribution >= 4 is 49.8 Å². The molecular formula is C21H22N4O4S3. The van der Waals surface area contributed by atoms with E-state index in [9.17, 15) is 13.2 Å². The summed E-state index contributed by atoms with van der Waals surface area (Å²) in [6.07, 6.45) is -0.0137. The monoisotopic (exact) mass is 490 g/mol. The van der Waals surface area contributed by atoms with Crippen LogP contribution in [0.4, 0.5) is 10.8 Å². The Hall–Kier alpha value is -2.63. The molecule has 168 valence electrons. The van der Waals surface area contributed by atoms with Crippen molar-refractivity contribution in [1.29, 1.82) is 0 Å². The number of hydrogen-bond acceptors (Lipinski definition) is 8. The smallest absolute Gasteiger partial charge is 0.269 e. The van der Waals surface area contributed by atoms with E-state index >= 15 is 0 Å². The number of para-hydroxylation sites is 2. The van der Waals surface area contributed by atoms with Gasteiger partial charge in [-0.05, 0) is 24.1 Å². The third kappa shape index (κ3) is 5.22. The minimum atomic E-state index is -3.75. The van der Waals surface area contributed by atoms with E-state index in [0.29, 0.717) is 22.1 Å². The van der Waals surface area contributed by atoms with Crippen LogP contribution in [0, 0.1) is 0 Å². The molecule has 0 aliphatic carbocycles. The van der Waals surface area contributed by atoms with Crippen molar-refractivity contribution in [2.75, 3.05) is 21.9 Å². The van der Waals surface area contributed by atoms with E-state index in [1.165, 1.54) is 15.6 Å². The molecule has 1 aliphatic heterocycles. The Balaban J connectivity index is 1.54. The molecule has 3 aromatic rings. The summed E-state index contributed by atoms with van der Waals surface area (Å²) in [5.41, 5.74) is 1.09. The van der Waals surface area contributed by atoms with Crippen LogP contribution in [0.3, 0.4) is 0 Å². The molecule has 1 aromatic heterocycles. The van der Waals surface area contributed by atoms with E-state index in [1.54, 1.807) is 60.3 Å². The molecule has 32 heavy (non-hydrogen) atoms. The van der Waals surface area contributed by atoms with Crippen molar-refractivity contribution in [3.8, 4) is 5.75 Å². The number of nitrogens with zero attached hydrogens (tertiary/aromatic N) is 3. The van der Waals surface area contributed by atoms with Crippen molar-refractivity contribution in [1.82, 2.24) is 10.2 Å². The Kier molecular flexibility index (Phi) is 6.97. The lowest BCUT2D eigenvalue weighted by molar-refractivity contribution is -0.122. The van der Waals surface area contributed by atoms with Gasteiger partial charge in [0.15, 0.2) is 10.4 Å². The molecule has 1 aliphatic rings. The lowest BCUT2D eigenvalue weighted by Gasteiger charge is -2.34. The summed E-state index contributed by atoms with van der Waals surface area (Å²) in [6.45, 7) is 1.95. The SMILES string of the molecule is CCCSc1nnc(NC(=O)C2CN(S(=O)(=O)Cc3ccccc3)c3ccccc3O2)s1. The number of carbonyl (C=O) groups excluding carboxylic acids is 1. The second kappa shape index (κ2) is 9.88. The number of hydrogen-bond donors (Lipinski definition) is 1.